The largest absolute Gasteiger partial charge is 0.0879 e. The zero-order valence-electron chi connectivity index (χ0n) is 19.6. The average molecular weight is 413 g/mol. The fourth-order valence-corrected chi connectivity index (χ4v) is 5.45. The molecule has 2 aromatic rings. The highest BCUT2D eigenvalue weighted by molar-refractivity contribution is 5.33. The van der Waals surface area contributed by atoms with Crippen LogP contribution in [0.15, 0.2) is 72.8 Å². The van der Waals surface area contributed by atoms with E-state index >= 15 is 0 Å². The highest BCUT2D eigenvalue weighted by atomic mass is 14.2. The van der Waals surface area contributed by atoms with E-state index in [1.165, 1.54) is 73.6 Å². The molecule has 0 saturated heterocycles. The van der Waals surface area contributed by atoms with Gasteiger partial charge in [-0.1, -0.05) is 91.7 Å². The monoisotopic (exact) mass is 412 g/mol. The van der Waals surface area contributed by atoms with Gasteiger partial charge in [-0.3, -0.25) is 0 Å². The maximum absolute atomic E-state index is 2.51. The van der Waals surface area contributed by atoms with Crippen LogP contribution in [-0.4, -0.2) is 0 Å². The Bertz CT molecular complexity index is 844. The Labute approximate surface area is 190 Å². The van der Waals surface area contributed by atoms with Crippen LogP contribution in [-0.2, 0) is 6.42 Å². The van der Waals surface area contributed by atoms with Crippen LogP contribution in [0.4, 0.5) is 0 Å². The van der Waals surface area contributed by atoms with E-state index in [0.717, 1.165) is 18.3 Å². The quantitative estimate of drug-likeness (QED) is 0.398. The third-order valence-corrected chi connectivity index (χ3v) is 7.75. The highest BCUT2D eigenvalue weighted by Gasteiger charge is 2.19. The molecule has 4 rings (SSSR count). The second-order valence-corrected chi connectivity index (χ2v) is 9.98. The summed E-state index contributed by atoms with van der Waals surface area (Å²) in [5, 5.41) is 0. The van der Waals surface area contributed by atoms with Crippen molar-refractivity contribution in [2.24, 2.45) is 11.8 Å². The van der Waals surface area contributed by atoms with Gasteiger partial charge in [0.1, 0.15) is 0 Å². The standard InChI is InChI=1S/C31H40/c1-3-25-10-12-26(13-11-25)6-4-5-7-27-14-18-29(19-15-27)31-22-20-30(21-23-31)28-16-8-24(2)9-17-28/h4,6,8-9,14-20,22,25-26,30-31H,3,5,7,10-13,21,23H2,1-2H3/b6-4+. The van der Waals surface area contributed by atoms with Crippen LogP contribution in [0.3, 0.4) is 0 Å². The van der Waals surface area contributed by atoms with Crippen molar-refractivity contribution in [3.05, 3.63) is 95.1 Å². The van der Waals surface area contributed by atoms with Gasteiger partial charge in [0.2, 0.25) is 0 Å². The molecule has 2 aliphatic rings. The Balaban J connectivity index is 1.23. The molecule has 0 aliphatic heterocycles. The summed E-state index contributed by atoms with van der Waals surface area (Å²) in [6.07, 6.45) is 21.7. The van der Waals surface area contributed by atoms with Gasteiger partial charge in [-0.25, -0.2) is 0 Å². The van der Waals surface area contributed by atoms with Crippen molar-refractivity contribution in [1.29, 1.82) is 0 Å². The molecule has 0 heterocycles. The van der Waals surface area contributed by atoms with Gasteiger partial charge in [0, 0.05) is 11.8 Å². The van der Waals surface area contributed by atoms with Crippen LogP contribution < -0.4 is 0 Å². The lowest BCUT2D eigenvalue weighted by Crippen LogP contribution is -2.12. The number of hydrogen-bond donors (Lipinski definition) is 0. The molecule has 1 fully saturated rings. The van der Waals surface area contributed by atoms with Gasteiger partial charge in [-0.05, 0) is 86.8 Å². The first kappa shape index (κ1) is 22.1. The molecule has 2 aromatic carbocycles. The molecular formula is C31H40. The van der Waals surface area contributed by atoms with Crippen molar-refractivity contribution in [2.75, 3.05) is 0 Å². The van der Waals surface area contributed by atoms with E-state index < -0.39 is 0 Å². The number of hydrogen-bond acceptors (Lipinski definition) is 0. The molecule has 0 nitrogen and oxygen atoms in total. The first-order valence-electron chi connectivity index (χ1n) is 12.7. The summed E-state index contributed by atoms with van der Waals surface area (Å²) in [5.74, 6) is 3.00. The second kappa shape index (κ2) is 11.0. The molecule has 164 valence electrons. The summed E-state index contributed by atoms with van der Waals surface area (Å²) in [7, 11) is 0. The normalized spacial score (nSPS) is 26.4. The summed E-state index contributed by atoms with van der Waals surface area (Å²) >= 11 is 0. The van der Waals surface area contributed by atoms with Crippen molar-refractivity contribution < 1.29 is 0 Å². The third-order valence-electron chi connectivity index (χ3n) is 7.75. The van der Waals surface area contributed by atoms with E-state index in [9.17, 15) is 0 Å². The Morgan fingerprint density at radius 1 is 0.742 bits per heavy atom. The Hall–Kier alpha value is -2.08. The molecule has 1 saturated carbocycles. The van der Waals surface area contributed by atoms with E-state index in [1.54, 1.807) is 0 Å². The SMILES string of the molecule is CCC1CCC(/C=C/CCc2ccc(C3C=CC(c4ccc(C)cc4)CC3)cc2)CC1. The maximum Gasteiger partial charge on any atom is 0.00185 e. The first-order valence-corrected chi connectivity index (χ1v) is 12.7. The highest BCUT2D eigenvalue weighted by Crippen LogP contribution is 2.35. The Kier molecular flexibility index (Phi) is 7.84. The molecule has 0 amide bonds. The van der Waals surface area contributed by atoms with Crippen molar-refractivity contribution in [3.63, 3.8) is 0 Å². The average Bonchev–Trinajstić information content (AvgIpc) is 2.83. The molecule has 0 radical (unpaired) electrons. The lowest BCUT2D eigenvalue weighted by molar-refractivity contribution is 0.303. The number of aryl methyl sites for hydroxylation is 2. The van der Waals surface area contributed by atoms with Gasteiger partial charge in [0.15, 0.2) is 0 Å². The number of rotatable bonds is 7. The Morgan fingerprint density at radius 2 is 1.32 bits per heavy atom. The minimum absolute atomic E-state index is 0.578. The van der Waals surface area contributed by atoms with Crippen molar-refractivity contribution in [3.8, 4) is 0 Å². The van der Waals surface area contributed by atoms with Crippen LogP contribution in [0.25, 0.3) is 0 Å². The number of benzene rings is 2. The summed E-state index contributed by atoms with van der Waals surface area (Å²) in [5.41, 5.74) is 5.75. The second-order valence-electron chi connectivity index (χ2n) is 9.98. The zero-order chi connectivity index (χ0) is 21.5. The van der Waals surface area contributed by atoms with Gasteiger partial charge in [-0.2, -0.15) is 0 Å². The van der Waals surface area contributed by atoms with Gasteiger partial charge in [0.05, 0.1) is 0 Å². The van der Waals surface area contributed by atoms with E-state index in [2.05, 4.69) is 86.7 Å². The molecule has 2 unspecified atom stereocenters. The summed E-state index contributed by atoms with van der Waals surface area (Å²) in [4.78, 5) is 0. The van der Waals surface area contributed by atoms with Crippen LogP contribution in [0.2, 0.25) is 0 Å². The smallest absolute Gasteiger partial charge is 0.00185 e. The minimum atomic E-state index is 0.578. The molecule has 0 bridgehead atoms. The molecule has 0 aromatic heterocycles. The van der Waals surface area contributed by atoms with E-state index in [4.69, 9.17) is 0 Å². The molecule has 0 spiro atoms. The Morgan fingerprint density at radius 3 is 1.87 bits per heavy atom. The molecular weight excluding hydrogens is 372 g/mol. The fourth-order valence-electron chi connectivity index (χ4n) is 5.45. The molecule has 31 heavy (non-hydrogen) atoms. The van der Waals surface area contributed by atoms with Crippen molar-refractivity contribution >= 4 is 0 Å². The summed E-state index contributed by atoms with van der Waals surface area (Å²) < 4.78 is 0. The van der Waals surface area contributed by atoms with Crippen molar-refractivity contribution in [2.45, 2.75) is 83.5 Å². The lowest BCUT2D eigenvalue weighted by atomic mass is 9.80. The van der Waals surface area contributed by atoms with Crippen LogP contribution >= 0.6 is 0 Å². The summed E-state index contributed by atoms with van der Waals surface area (Å²) in [6, 6.07) is 18.5. The van der Waals surface area contributed by atoms with Gasteiger partial charge in [0.25, 0.3) is 0 Å². The maximum atomic E-state index is 2.51. The predicted octanol–water partition coefficient (Wildman–Crippen LogP) is 8.92. The van der Waals surface area contributed by atoms with E-state index in [0.29, 0.717) is 11.8 Å². The van der Waals surface area contributed by atoms with Gasteiger partial charge in [-0.15, -0.1) is 0 Å². The van der Waals surface area contributed by atoms with E-state index in [1.807, 2.05) is 0 Å². The van der Waals surface area contributed by atoms with Gasteiger partial charge >= 0.3 is 0 Å². The zero-order valence-corrected chi connectivity index (χ0v) is 19.6. The topological polar surface area (TPSA) is 0 Å². The minimum Gasteiger partial charge on any atom is -0.0879 e. The molecule has 2 aliphatic carbocycles. The summed E-state index contributed by atoms with van der Waals surface area (Å²) in [6.45, 7) is 4.51. The molecule has 0 N–H and O–H groups in total. The van der Waals surface area contributed by atoms with Crippen LogP contribution in [0, 0.1) is 18.8 Å². The van der Waals surface area contributed by atoms with Crippen LogP contribution in [0.1, 0.15) is 92.4 Å². The van der Waals surface area contributed by atoms with Gasteiger partial charge < -0.3 is 0 Å². The third kappa shape index (κ3) is 6.22. The van der Waals surface area contributed by atoms with Crippen molar-refractivity contribution in [1.82, 2.24) is 0 Å². The first-order chi connectivity index (χ1) is 15.2. The van der Waals surface area contributed by atoms with E-state index in [-0.39, 0.29) is 0 Å². The predicted molar refractivity (Wildman–Crippen MR) is 135 cm³/mol. The van der Waals surface area contributed by atoms with Crippen LogP contribution in [0.5, 0.6) is 0 Å². The fraction of sp³-hybridized carbons (Fsp3) is 0.484. The molecule has 0 heteroatoms. The lowest BCUT2D eigenvalue weighted by Gasteiger charge is -2.25. The molecule has 2 atom stereocenters. The number of allylic oxidation sites excluding steroid dienone is 4.